The Hall–Kier alpha value is -0.690. The van der Waals surface area contributed by atoms with Crippen molar-refractivity contribution in [1.29, 1.82) is 0 Å². The van der Waals surface area contributed by atoms with E-state index < -0.39 is 11.0 Å². The molecule has 0 aliphatic carbocycles. The van der Waals surface area contributed by atoms with Crippen molar-refractivity contribution >= 4 is 5.91 Å². The molecule has 0 saturated carbocycles. The van der Waals surface area contributed by atoms with Gasteiger partial charge in [-0.2, -0.15) is 0 Å². The van der Waals surface area contributed by atoms with Gasteiger partial charge in [0.15, 0.2) is 0 Å². The zero-order valence-electron chi connectivity index (χ0n) is 12.2. The van der Waals surface area contributed by atoms with E-state index in [2.05, 4.69) is 10.6 Å². The van der Waals surface area contributed by atoms with Crippen molar-refractivity contribution in [2.75, 3.05) is 46.6 Å². The zero-order chi connectivity index (χ0) is 14.5. The maximum atomic E-state index is 12.5. The Morgan fingerprint density at radius 2 is 1.95 bits per heavy atom. The highest BCUT2D eigenvalue weighted by atomic mass is 16.5. The number of nitrogens with one attached hydrogen (secondary N) is 2. The van der Waals surface area contributed by atoms with Gasteiger partial charge in [0.05, 0.1) is 17.6 Å². The molecule has 2 fully saturated rings. The normalized spacial score (nSPS) is 25.1. The molecule has 0 bridgehead atoms. The van der Waals surface area contributed by atoms with E-state index >= 15 is 0 Å². The lowest BCUT2D eigenvalue weighted by atomic mass is 9.78. The molecule has 2 heterocycles. The van der Waals surface area contributed by atoms with Gasteiger partial charge in [-0.15, -0.1) is 0 Å². The van der Waals surface area contributed by atoms with Gasteiger partial charge >= 0.3 is 0 Å². The van der Waals surface area contributed by atoms with Crippen LogP contribution in [0, 0.1) is 5.41 Å². The molecule has 0 aromatic heterocycles. The molecular formula is C14H26N2O4. The average molecular weight is 286 g/mol. The number of rotatable bonds is 5. The van der Waals surface area contributed by atoms with Gasteiger partial charge in [0.25, 0.3) is 0 Å². The second-order valence-corrected chi connectivity index (χ2v) is 5.98. The van der Waals surface area contributed by atoms with Crippen LogP contribution in [0.2, 0.25) is 0 Å². The fourth-order valence-corrected chi connectivity index (χ4v) is 2.98. The first-order valence-electron chi connectivity index (χ1n) is 7.38. The van der Waals surface area contributed by atoms with Gasteiger partial charge in [-0.1, -0.05) is 0 Å². The maximum Gasteiger partial charge on any atom is 0.228 e. The molecule has 20 heavy (non-hydrogen) atoms. The van der Waals surface area contributed by atoms with Crippen LogP contribution in [-0.2, 0) is 14.3 Å². The van der Waals surface area contributed by atoms with Gasteiger partial charge in [-0.25, -0.2) is 0 Å². The Bertz CT molecular complexity index is 318. The molecular weight excluding hydrogens is 260 g/mol. The number of aliphatic hydroxyl groups is 1. The third-order valence-corrected chi connectivity index (χ3v) is 4.46. The molecule has 0 aromatic carbocycles. The topological polar surface area (TPSA) is 79.8 Å². The third-order valence-electron chi connectivity index (χ3n) is 4.46. The van der Waals surface area contributed by atoms with E-state index in [9.17, 15) is 9.90 Å². The van der Waals surface area contributed by atoms with Crippen LogP contribution in [0.4, 0.5) is 0 Å². The summed E-state index contributed by atoms with van der Waals surface area (Å²) in [6.07, 6.45) is 2.70. The Kier molecular flexibility index (Phi) is 5.37. The van der Waals surface area contributed by atoms with E-state index in [1.54, 1.807) is 7.11 Å². The number of hydrogen-bond donors (Lipinski definition) is 3. The molecule has 3 N–H and O–H groups in total. The molecule has 0 aromatic rings. The van der Waals surface area contributed by atoms with Gasteiger partial charge < -0.3 is 25.2 Å². The van der Waals surface area contributed by atoms with Gasteiger partial charge in [0.1, 0.15) is 0 Å². The minimum absolute atomic E-state index is 0.000710. The second kappa shape index (κ2) is 6.85. The van der Waals surface area contributed by atoms with Crippen LogP contribution < -0.4 is 10.6 Å². The summed E-state index contributed by atoms with van der Waals surface area (Å²) in [7, 11) is 1.63. The Morgan fingerprint density at radius 1 is 1.30 bits per heavy atom. The largest absolute Gasteiger partial charge is 0.388 e. The molecule has 0 radical (unpaired) electrons. The number of methoxy groups -OCH3 is 1. The molecule has 116 valence electrons. The van der Waals surface area contributed by atoms with Crippen molar-refractivity contribution in [3.05, 3.63) is 0 Å². The Morgan fingerprint density at radius 3 is 2.55 bits per heavy atom. The number of ether oxygens (including phenoxy) is 2. The summed E-state index contributed by atoms with van der Waals surface area (Å²) in [5.41, 5.74) is -1.28. The van der Waals surface area contributed by atoms with E-state index in [1.165, 1.54) is 0 Å². The highest BCUT2D eigenvalue weighted by Crippen LogP contribution is 2.30. The van der Waals surface area contributed by atoms with Gasteiger partial charge in [-0.05, 0) is 25.9 Å². The van der Waals surface area contributed by atoms with Crippen LogP contribution >= 0.6 is 0 Å². The average Bonchev–Trinajstić information content (AvgIpc) is 2.47. The first-order chi connectivity index (χ1) is 9.60. The standard InChI is InChI=1S/C14H26N2O4/c1-19-11-13(2-6-15-7-3-13)12(17)16-10-14(18)4-8-20-9-5-14/h15,18H,2-11H2,1H3,(H,16,17). The molecule has 2 aliphatic heterocycles. The molecule has 2 rings (SSSR count). The fraction of sp³-hybridized carbons (Fsp3) is 0.929. The van der Waals surface area contributed by atoms with Crippen LogP contribution in [-0.4, -0.2) is 63.2 Å². The minimum atomic E-state index is -0.824. The highest BCUT2D eigenvalue weighted by Gasteiger charge is 2.40. The molecule has 2 saturated heterocycles. The second-order valence-electron chi connectivity index (χ2n) is 5.98. The van der Waals surface area contributed by atoms with Gasteiger partial charge in [0.2, 0.25) is 5.91 Å². The Balaban J connectivity index is 1.91. The highest BCUT2D eigenvalue weighted by molar-refractivity contribution is 5.83. The van der Waals surface area contributed by atoms with Crippen LogP contribution in [0.1, 0.15) is 25.7 Å². The lowest BCUT2D eigenvalue weighted by molar-refractivity contribution is -0.138. The van der Waals surface area contributed by atoms with E-state index in [0.717, 1.165) is 25.9 Å². The summed E-state index contributed by atoms with van der Waals surface area (Å²) in [6, 6.07) is 0. The van der Waals surface area contributed by atoms with Crippen molar-refractivity contribution in [1.82, 2.24) is 10.6 Å². The molecule has 6 nitrogen and oxygen atoms in total. The molecule has 2 aliphatic rings. The van der Waals surface area contributed by atoms with E-state index in [-0.39, 0.29) is 5.91 Å². The molecule has 6 heteroatoms. The van der Waals surface area contributed by atoms with Crippen molar-refractivity contribution in [2.24, 2.45) is 5.41 Å². The van der Waals surface area contributed by atoms with Crippen molar-refractivity contribution in [3.8, 4) is 0 Å². The summed E-state index contributed by atoms with van der Waals surface area (Å²) in [5.74, 6) is 0.000710. The number of piperidine rings is 1. The molecule has 0 unspecified atom stereocenters. The number of carbonyl (C=O) groups is 1. The first kappa shape index (κ1) is 15.7. The zero-order valence-corrected chi connectivity index (χ0v) is 12.2. The minimum Gasteiger partial charge on any atom is -0.388 e. The van der Waals surface area contributed by atoms with Crippen LogP contribution in [0.5, 0.6) is 0 Å². The smallest absolute Gasteiger partial charge is 0.228 e. The number of carbonyl (C=O) groups excluding carboxylic acids is 1. The van der Waals surface area contributed by atoms with Crippen LogP contribution in [0.25, 0.3) is 0 Å². The summed E-state index contributed by atoms with van der Waals surface area (Å²) in [6.45, 7) is 3.50. The monoisotopic (exact) mass is 286 g/mol. The molecule has 1 amide bonds. The predicted molar refractivity (Wildman–Crippen MR) is 74.4 cm³/mol. The number of hydrogen-bond acceptors (Lipinski definition) is 5. The lowest BCUT2D eigenvalue weighted by Crippen LogP contribution is -2.54. The summed E-state index contributed by atoms with van der Waals surface area (Å²) >= 11 is 0. The SMILES string of the molecule is COCC1(C(=O)NCC2(O)CCOCC2)CCNCC1. The quantitative estimate of drug-likeness (QED) is 0.644. The van der Waals surface area contributed by atoms with Gasteiger partial charge in [-0.3, -0.25) is 4.79 Å². The van der Waals surface area contributed by atoms with E-state index in [1.807, 2.05) is 0 Å². The van der Waals surface area contributed by atoms with Crippen LogP contribution in [0.3, 0.4) is 0 Å². The van der Waals surface area contributed by atoms with Gasteiger partial charge in [0, 0.05) is 39.7 Å². The first-order valence-corrected chi connectivity index (χ1v) is 7.38. The fourth-order valence-electron chi connectivity index (χ4n) is 2.98. The van der Waals surface area contributed by atoms with E-state index in [4.69, 9.17) is 9.47 Å². The number of amides is 1. The maximum absolute atomic E-state index is 12.5. The summed E-state index contributed by atoms with van der Waals surface area (Å²) in [4.78, 5) is 12.5. The van der Waals surface area contributed by atoms with E-state index in [0.29, 0.717) is 39.2 Å². The molecule has 0 spiro atoms. The summed E-state index contributed by atoms with van der Waals surface area (Å²) in [5, 5.41) is 16.6. The van der Waals surface area contributed by atoms with Crippen molar-refractivity contribution in [3.63, 3.8) is 0 Å². The lowest BCUT2D eigenvalue weighted by Gasteiger charge is -2.37. The van der Waals surface area contributed by atoms with Crippen LogP contribution in [0.15, 0.2) is 0 Å². The van der Waals surface area contributed by atoms with Crippen molar-refractivity contribution in [2.45, 2.75) is 31.3 Å². The summed E-state index contributed by atoms with van der Waals surface area (Å²) < 4.78 is 10.5. The predicted octanol–water partition coefficient (Wildman–Crippen LogP) is -0.340. The van der Waals surface area contributed by atoms with Crippen molar-refractivity contribution < 1.29 is 19.4 Å². The molecule has 0 atom stereocenters. The Labute approximate surface area is 120 Å². The third kappa shape index (κ3) is 3.69.